The standard InChI is InChI=1S/C5H6ClIN2/c1-9-3-4(2-6)5(7)8-9/h3H,2H2,1H3. The summed E-state index contributed by atoms with van der Waals surface area (Å²) in [5, 5.41) is 4.10. The molecule has 0 aliphatic carbocycles. The third-order valence-electron chi connectivity index (χ3n) is 0.997. The van der Waals surface area contributed by atoms with Gasteiger partial charge in [-0.3, -0.25) is 4.68 Å². The lowest BCUT2D eigenvalue weighted by Gasteiger charge is -1.81. The number of hydrogen-bond donors (Lipinski definition) is 0. The quantitative estimate of drug-likeness (QED) is 0.553. The van der Waals surface area contributed by atoms with Gasteiger partial charge in [0.1, 0.15) is 3.70 Å². The number of hydrogen-bond acceptors (Lipinski definition) is 1. The van der Waals surface area contributed by atoms with E-state index in [4.69, 9.17) is 11.6 Å². The number of rotatable bonds is 1. The molecule has 0 aliphatic rings. The molecule has 50 valence electrons. The highest BCUT2D eigenvalue weighted by atomic mass is 127. The smallest absolute Gasteiger partial charge is 0.127 e. The fraction of sp³-hybridized carbons (Fsp3) is 0.400. The van der Waals surface area contributed by atoms with Gasteiger partial charge in [0, 0.05) is 18.8 Å². The van der Waals surface area contributed by atoms with Crippen LogP contribution in [-0.2, 0) is 12.9 Å². The first-order chi connectivity index (χ1) is 4.24. The van der Waals surface area contributed by atoms with Crippen LogP contribution in [0, 0.1) is 3.70 Å². The Morgan fingerprint density at radius 3 is 2.78 bits per heavy atom. The van der Waals surface area contributed by atoms with Gasteiger partial charge in [-0.2, -0.15) is 5.10 Å². The van der Waals surface area contributed by atoms with Crippen molar-refractivity contribution in [2.75, 3.05) is 0 Å². The molecule has 9 heavy (non-hydrogen) atoms. The van der Waals surface area contributed by atoms with E-state index in [0.29, 0.717) is 5.88 Å². The van der Waals surface area contributed by atoms with Gasteiger partial charge in [0.25, 0.3) is 0 Å². The van der Waals surface area contributed by atoms with E-state index < -0.39 is 0 Å². The maximum Gasteiger partial charge on any atom is 0.127 e. The molecule has 0 radical (unpaired) electrons. The highest BCUT2D eigenvalue weighted by Gasteiger charge is 2.00. The van der Waals surface area contributed by atoms with Crippen LogP contribution in [0.5, 0.6) is 0 Å². The summed E-state index contributed by atoms with van der Waals surface area (Å²) in [6.07, 6.45) is 1.93. The number of aryl methyl sites for hydroxylation is 1. The summed E-state index contributed by atoms with van der Waals surface area (Å²) in [7, 11) is 1.89. The number of alkyl halides is 1. The molecular formula is C5H6ClIN2. The predicted molar refractivity (Wildman–Crippen MR) is 45.5 cm³/mol. The summed E-state index contributed by atoms with van der Waals surface area (Å²) in [6, 6.07) is 0. The molecule has 1 heterocycles. The zero-order valence-electron chi connectivity index (χ0n) is 4.93. The van der Waals surface area contributed by atoms with Gasteiger partial charge in [-0.25, -0.2) is 0 Å². The van der Waals surface area contributed by atoms with Gasteiger partial charge in [-0.1, -0.05) is 0 Å². The Morgan fingerprint density at radius 1 is 1.89 bits per heavy atom. The lowest BCUT2D eigenvalue weighted by Crippen LogP contribution is -1.85. The SMILES string of the molecule is Cn1cc(CCl)c(I)n1. The van der Waals surface area contributed by atoms with Crippen molar-refractivity contribution in [3.8, 4) is 0 Å². The molecule has 0 saturated carbocycles. The molecule has 0 spiro atoms. The predicted octanol–water partition coefficient (Wildman–Crippen LogP) is 1.76. The van der Waals surface area contributed by atoms with Crippen LogP contribution in [0.2, 0.25) is 0 Å². The van der Waals surface area contributed by atoms with Crippen molar-refractivity contribution in [3.63, 3.8) is 0 Å². The van der Waals surface area contributed by atoms with Crippen LogP contribution in [0.25, 0.3) is 0 Å². The second kappa shape index (κ2) is 2.88. The van der Waals surface area contributed by atoms with Gasteiger partial charge >= 0.3 is 0 Å². The van der Waals surface area contributed by atoms with Gasteiger partial charge < -0.3 is 0 Å². The third-order valence-corrected chi connectivity index (χ3v) is 2.19. The highest BCUT2D eigenvalue weighted by Crippen LogP contribution is 2.10. The molecule has 0 bridgehead atoms. The summed E-state index contributed by atoms with van der Waals surface area (Å²) >= 11 is 7.75. The highest BCUT2D eigenvalue weighted by molar-refractivity contribution is 14.1. The van der Waals surface area contributed by atoms with Gasteiger partial charge in [-0.05, 0) is 22.6 Å². The molecule has 0 aliphatic heterocycles. The fourth-order valence-corrected chi connectivity index (χ4v) is 1.69. The molecule has 1 rings (SSSR count). The average Bonchev–Trinajstić information content (AvgIpc) is 2.10. The first kappa shape index (κ1) is 7.34. The molecule has 4 heteroatoms. The van der Waals surface area contributed by atoms with Crippen LogP contribution in [0.15, 0.2) is 6.20 Å². The third kappa shape index (κ3) is 1.58. The van der Waals surface area contributed by atoms with Crippen LogP contribution in [0.4, 0.5) is 0 Å². The molecule has 0 atom stereocenters. The maximum atomic E-state index is 5.59. The average molecular weight is 256 g/mol. The molecule has 2 nitrogen and oxygen atoms in total. The zero-order chi connectivity index (χ0) is 6.85. The molecule has 0 saturated heterocycles. The number of halogens is 2. The topological polar surface area (TPSA) is 17.8 Å². The fourth-order valence-electron chi connectivity index (χ4n) is 0.600. The number of nitrogens with zero attached hydrogens (tertiary/aromatic N) is 2. The van der Waals surface area contributed by atoms with E-state index in [1.54, 1.807) is 4.68 Å². The molecule has 1 aromatic heterocycles. The minimum atomic E-state index is 0.548. The van der Waals surface area contributed by atoms with Gasteiger partial charge in [-0.15, -0.1) is 11.6 Å². The molecular weight excluding hydrogens is 250 g/mol. The zero-order valence-corrected chi connectivity index (χ0v) is 7.85. The molecule has 0 unspecified atom stereocenters. The molecule has 0 aromatic carbocycles. The van der Waals surface area contributed by atoms with E-state index in [9.17, 15) is 0 Å². The van der Waals surface area contributed by atoms with Crippen molar-refractivity contribution in [1.82, 2.24) is 9.78 Å². The van der Waals surface area contributed by atoms with Crippen LogP contribution in [0.1, 0.15) is 5.56 Å². The first-order valence-electron chi connectivity index (χ1n) is 2.48. The maximum absolute atomic E-state index is 5.59. The normalized spacial score (nSPS) is 10.1. The molecule has 0 fully saturated rings. The van der Waals surface area contributed by atoms with Gasteiger partial charge in [0.15, 0.2) is 0 Å². The Balaban J connectivity index is 3.01. The second-order valence-electron chi connectivity index (χ2n) is 1.75. The molecule has 1 aromatic rings. The summed E-state index contributed by atoms with van der Waals surface area (Å²) in [4.78, 5) is 0. The van der Waals surface area contributed by atoms with Crippen molar-refractivity contribution in [2.45, 2.75) is 5.88 Å². The summed E-state index contributed by atoms with van der Waals surface area (Å²) in [6.45, 7) is 0. The van der Waals surface area contributed by atoms with E-state index in [0.717, 1.165) is 9.26 Å². The molecule has 0 N–H and O–H groups in total. The van der Waals surface area contributed by atoms with Crippen LogP contribution < -0.4 is 0 Å². The lowest BCUT2D eigenvalue weighted by molar-refractivity contribution is 0.759. The largest absolute Gasteiger partial charge is 0.274 e. The van der Waals surface area contributed by atoms with Crippen LogP contribution >= 0.6 is 34.2 Å². The minimum absolute atomic E-state index is 0.548. The van der Waals surface area contributed by atoms with E-state index in [-0.39, 0.29) is 0 Å². The monoisotopic (exact) mass is 256 g/mol. The van der Waals surface area contributed by atoms with E-state index in [2.05, 4.69) is 27.7 Å². The van der Waals surface area contributed by atoms with E-state index in [1.807, 2.05) is 13.2 Å². The van der Waals surface area contributed by atoms with E-state index >= 15 is 0 Å². The second-order valence-corrected chi connectivity index (χ2v) is 3.04. The Kier molecular flexibility index (Phi) is 2.35. The summed E-state index contributed by atoms with van der Waals surface area (Å²) < 4.78 is 2.75. The molecule has 0 amide bonds. The van der Waals surface area contributed by atoms with Crippen molar-refractivity contribution in [3.05, 3.63) is 15.5 Å². The van der Waals surface area contributed by atoms with Crippen molar-refractivity contribution < 1.29 is 0 Å². The van der Waals surface area contributed by atoms with Crippen LogP contribution in [-0.4, -0.2) is 9.78 Å². The minimum Gasteiger partial charge on any atom is -0.274 e. The van der Waals surface area contributed by atoms with Crippen molar-refractivity contribution in [1.29, 1.82) is 0 Å². The first-order valence-corrected chi connectivity index (χ1v) is 4.09. The van der Waals surface area contributed by atoms with Gasteiger partial charge in [0.05, 0.1) is 5.88 Å². The van der Waals surface area contributed by atoms with E-state index in [1.165, 1.54) is 0 Å². The lowest BCUT2D eigenvalue weighted by atomic mass is 10.4. The van der Waals surface area contributed by atoms with Gasteiger partial charge in [0.2, 0.25) is 0 Å². The number of aromatic nitrogens is 2. The summed E-state index contributed by atoms with van der Waals surface area (Å²) in [5.74, 6) is 0.548. The summed E-state index contributed by atoms with van der Waals surface area (Å²) in [5.41, 5.74) is 1.10. The van der Waals surface area contributed by atoms with Crippen molar-refractivity contribution >= 4 is 34.2 Å². The van der Waals surface area contributed by atoms with Crippen LogP contribution in [0.3, 0.4) is 0 Å². The Bertz CT molecular complexity index is 209. The Morgan fingerprint density at radius 2 is 2.56 bits per heavy atom. The van der Waals surface area contributed by atoms with Crippen molar-refractivity contribution in [2.24, 2.45) is 7.05 Å². The Labute approximate surface area is 72.3 Å². The Hall–Kier alpha value is 0.230.